The molecule has 0 atom stereocenters. The van der Waals surface area contributed by atoms with Crippen molar-refractivity contribution in [2.75, 3.05) is 20.3 Å². The van der Waals surface area contributed by atoms with Gasteiger partial charge in [-0.05, 0) is 19.0 Å². The van der Waals surface area contributed by atoms with Crippen molar-refractivity contribution in [3.05, 3.63) is 29.8 Å². The molecule has 4 heteroatoms. The minimum atomic E-state index is -0.269. The van der Waals surface area contributed by atoms with Gasteiger partial charge in [-0.1, -0.05) is 18.2 Å². The molecule has 1 aromatic carbocycles. The van der Waals surface area contributed by atoms with Crippen molar-refractivity contribution in [2.24, 2.45) is 5.73 Å². The number of hydrogen-bond acceptors (Lipinski definition) is 4. The topological polar surface area (TPSA) is 61.5 Å². The molecule has 2 N–H and O–H groups in total. The normalized spacial score (nSPS) is 9.88. The highest BCUT2D eigenvalue weighted by Crippen LogP contribution is 2.18. The van der Waals surface area contributed by atoms with E-state index in [1.165, 1.54) is 7.11 Å². The van der Waals surface area contributed by atoms with Gasteiger partial charge in [0.25, 0.3) is 0 Å². The van der Waals surface area contributed by atoms with Gasteiger partial charge >= 0.3 is 5.97 Å². The minimum Gasteiger partial charge on any atom is -0.493 e. The summed E-state index contributed by atoms with van der Waals surface area (Å²) in [6.07, 6.45) is 1.03. The number of ether oxygens (including phenoxy) is 2. The van der Waals surface area contributed by atoms with E-state index >= 15 is 0 Å². The first-order valence-corrected chi connectivity index (χ1v) is 5.25. The molecule has 0 heterocycles. The van der Waals surface area contributed by atoms with Crippen molar-refractivity contribution >= 4 is 5.97 Å². The summed E-state index contributed by atoms with van der Waals surface area (Å²) in [5, 5.41) is 0. The van der Waals surface area contributed by atoms with E-state index < -0.39 is 0 Å². The zero-order valence-electron chi connectivity index (χ0n) is 9.44. The van der Waals surface area contributed by atoms with E-state index in [2.05, 4.69) is 4.74 Å². The molecule has 0 saturated heterocycles. The highest BCUT2D eigenvalue weighted by atomic mass is 16.5. The molecule has 1 rings (SSSR count). The summed E-state index contributed by atoms with van der Waals surface area (Å²) in [6.45, 7) is 1.16. The van der Waals surface area contributed by atoms with Crippen molar-refractivity contribution in [1.82, 2.24) is 0 Å². The van der Waals surface area contributed by atoms with Crippen LogP contribution in [-0.2, 0) is 16.0 Å². The molecule has 0 amide bonds. The molecule has 0 aromatic heterocycles. The van der Waals surface area contributed by atoms with E-state index in [1.54, 1.807) is 0 Å². The van der Waals surface area contributed by atoms with E-state index in [-0.39, 0.29) is 12.4 Å². The average molecular weight is 223 g/mol. The molecule has 0 bridgehead atoms. The number of nitrogens with two attached hydrogens (primary N) is 1. The predicted molar refractivity (Wildman–Crippen MR) is 61.3 cm³/mol. The van der Waals surface area contributed by atoms with Gasteiger partial charge in [0.05, 0.1) is 20.1 Å². The molecule has 0 radical (unpaired) electrons. The van der Waals surface area contributed by atoms with Gasteiger partial charge in [-0.2, -0.15) is 0 Å². The number of carbonyl (C=O) groups is 1. The smallest absolute Gasteiger partial charge is 0.310 e. The molecule has 16 heavy (non-hydrogen) atoms. The molecular formula is C12H17NO3. The lowest BCUT2D eigenvalue weighted by atomic mass is 10.1. The zero-order valence-corrected chi connectivity index (χ0v) is 9.44. The van der Waals surface area contributed by atoms with Gasteiger partial charge in [0.2, 0.25) is 0 Å². The van der Waals surface area contributed by atoms with Crippen LogP contribution in [0.4, 0.5) is 0 Å². The van der Waals surface area contributed by atoms with Gasteiger partial charge < -0.3 is 15.2 Å². The first-order valence-electron chi connectivity index (χ1n) is 5.25. The van der Waals surface area contributed by atoms with Gasteiger partial charge in [0, 0.05) is 5.56 Å². The average Bonchev–Trinajstić information content (AvgIpc) is 2.31. The summed E-state index contributed by atoms with van der Waals surface area (Å²) in [4.78, 5) is 11.2. The Morgan fingerprint density at radius 2 is 2.12 bits per heavy atom. The van der Waals surface area contributed by atoms with Crippen molar-refractivity contribution in [2.45, 2.75) is 12.8 Å². The Bertz CT molecular complexity index is 339. The number of para-hydroxylation sites is 1. The SMILES string of the molecule is COC(=O)Cc1ccccc1OCCCN. The third kappa shape index (κ3) is 3.90. The summed E-state index contributed by atoms with van der Waals surface area (Å²) in [6, 6.07) is 7.44. The van der Waals surface area contributed by atoms with Crippen LogP contribution in [0.1, 0.15) is 12.0 Å². The molecule has 0 unspecified atom stereocenters. The van der Waals surface area contributed by atoms with E-state index in [0.717, 1.165) is 17.7 Å². The van der Waals surface area contributed by atoms with Gasteiger partial charge in [0.1, 0.15) is 5.75 Å². The van der Waals surface area contributed by atoms with Crippen molar-refractivity contribution in [1.29, 1.82) is 0 Å². The van der Waals surface area contributed by atoms with E-state index in [1.807, 2.05) is 24.3 Å². The van der Waals surface area contributed by atoms with Crippen LogP contribution in [-0.4, -0.2) is 26.2 Å². The Balaban J connectivity index is 2.63. The largest absolute Gasteiger partial charge is 0.493 e. The fourth-order valence-corrected chi connectivity index (χ4v) is 1.28. The van der Waals surface area contributed by atoms with Crippen LogP contribution in [0.3, 0.4) is 0 Å². The number of methoxy groups -OCH3 is 1. The Morgan fingerprint density at radius 3 is 2.81 bits per heavy atom. The monoisotopic (exact) mass is 223 g/mol. The predicted octanol–water partition coefficient (Wildman–Crippen LogP) is 1.13. The lowest BCUT2D eigenvalue weighted by Gasteiger charge is -2.10. The number of benzene rings is 1. The van der Waals surface area contributed by atoms with Crippen molar-refractivity contribution in [3.8, 4) is 5.75 Å². The Hall–Kier alpha value is -1.55. The second-order valence-electron chi connectivity index (χ2n) is 3.35. The Labute approximate surface area is 95.3 Å². The fourth-order valence-electron chi connectivity index (χ4n) is 1.28. The molecule has 0 fully saturated rings. The fraction of sp³-hybridized carbons (Fsp3) is 0.417. The number of esters is 1. The molecule has 4 nitrogen and oxygen atoms in total. The molecular weight excluding hydrogens is 206 g/mol. The Morgan fingerprint density at radius 1 is 1.38 bits per heavy atom. The van der Waals surface area contributed by atoms with Gasteiger partial charge in [-0.3, -0.25) is 4.79 Å². The van der Waals surface area contributed by atoms with Crippen molar-refractivity contribution < 1.29 is 14.3 Å². The summed E-state index contributed by atoms with van der Waals surface area (Å²) >= 11 is 0. The molecule has 0 aliphatic rings. The molecule has 0 aliphatic carbocycles. The van der Waals surface area contributed by atoms with Gasteiger partial charge in [0.15, 0.2) is 0 Å². The number of carbonyl (C=O) groups excluding carboxylic acids is 1. The van der Waals surface area contributed by atoms with Crippen LogP contribution >= 0.6 is 0 Å². The maximum atomic E-state index is 11.2. The highest BCUT2D eigenvalue weighted by Gasteiger charge is 2.08. The first kappa shape index (κ1) is 12.5. The zero-order chi connectivity index (χ0) is 11.8. The van der Waals surface area contributed by atoms with Crippen LogP contribution in [0, 0.1) is 0 Å². The first-order chi connectivity index (χ1) is 7.77. The molecule has 0 aliphatic heterocycles. The van der Waals surface area contributed by atoms with Crippen LogP contribution in [0.5, 0.6) is 5.75 Å². The minimum absolute atomic E-state index is 0.231. The van der Waals surface area contributed by atoms with Crippen LogP contribution in [0.15, 0.2) is 24.3 Å². The van der Waals surface area contributed by atoms with E-state index in [4.69, 9.17) is 10.5 Å². The summed E-state index contributed by atoms with van der Waals surface area (Å²) < 4.78 is 10.2. The van der Waals surface area contributed by atoms with Crippen molar-refractivity contribution in [3.63, 3.8) is 0 Å². The summed E-state index contributed by atoms with van der Waals surface area (Å²) in [7, 11) is 1.38. The van der Waals surface area contributed by atoms with Crippen LogP contribution in [0.25, 0.3) is 0 Å². The van der Waals surface area contributed by atoms with Gasteiger partial charge in [-0.15, -0.1) is 0 Å². The van der Waals surface area contributed by atoms with E-state index in [0.29, 0.717) is 13.2 Å². The summed E-state index contributed by atoms with van der Waals surface area (Å²) in [5.41, 5.74) is 6.22. The maximum Gasteiger partial charge on any atom is 0.310 e. The quantitative estimate of drug-likeness (QED) is 0.580. The molecule has 1 aromatic rings. The second kappa shape index (κ2) is 6.85. The number of hydrogen-bond donors (Lipinski definition) is 1. The molecule has 0 saturated carbocycles. The lowest BCUT2D eigenvalue weighted by molar-refractivity contribution is -0.139. The van der Waals surface area contributed by atoms with E-state index in [9.17, 15) is 4.79 Å². The van der Waals surface area contributed by atoms with Gasteiger partial charge in [-0.25, -0.2) is 0 Å². The lowest BCUT2D eigenvalue weighted by Crippen LogP contribution is -2.09. The summed E-state index contributed by atoms with van der Waals surface area (Å²) in [5.74, 6) is 0.455. The highest BCUT2D eigenvalue weighted by molar-refractivity contribution is 5.73. The molecule has 0 spiro atoms. The standard InChI is InChI=1S/C12H17NO3/c1-15-12(14)9-10-5-2-3-6-11(10)16-8-4-7-13/h2-3,5-6H,4,7-9,13H2,1H3. The second-order valence-corrected chi connectivity index (χ2v) is 3.35. The third-order valence-electron chi connectivity index (χ3n) is 2.14. The maximum absolute atomic E-state index is 11.2. The third-order valence-corrected chi connectivity index (χ3v) is 2.14. The van der Waals surface area contributed by atoms with Crippen LogP contribution in [0.2, 0.25) is 0 Å². The molecule has 88 valence electrons. The van der Waals surface area contributed by atoms with Crippen LogP contribution < -0.4 is 10.5 Å². The Kier molecular flexibility index (Phi) is 5.36. The number of rotatable bonds is 6.